The van der Waals surface area contributed by atoms with Crippen molar-refractivity contribution in [2.45, 2.75) is 25.8 Å². The van der Waals surface area contributed by atoms with Gasteiger partial charge in [0.25, 0.3) is 0 Å². The van der Waals surface area contributed by atoms with Crippen molar-refractivity contribution in [2.24, 2.45) is 5.92 Å². The number of halogens is 2. The van der Waals surface area contributed by atoms with E-state index in [2.05, 4.69) is 15.1 Å². The van der Waals surface area contributed by atoms with Crippen molar-refractivity contribution < 1.29 is 9.53 Å². The molecular weight excluding hydrogens is 385 g/mol. The van der Waals surface area contributed by atoms with Gasteiger partial charge in [-0.1, -0.05) is 29.3 Å². The minimum Gasteiger partial charge on any atom is -0.379 e. The number of hydrogen-bond donors (Lipinski definition) is 1. The number of likely N-dealkylation sites (tertiary alicyclic amines) is 1. The largest absolute Gasteiger partial charge is 0.379 e. The average molecular weight is 414 g/mol. The smallest absolute Gasteiger partial charge is 0.223 e. The number of benzene rings is 1. The first-order valence-corrected chi connectivity index (χ1v) is 10.6. The van der Waals surface area contributed by atoms with E-state index in [1.807, 2.05) is 12.1 Å². The first kappa shape index (κ1) is 20.9. The highest BCUT2D eigenvalue weighted by Crippen LogP contribution is 2.25. The Kier molecular flexibility index (Phi) is 8.22. The van der Waals surface area contributed by atoms with Gasteiger partial charge in [0.2, 0.25) is 5.91 Å². The Hall–Kier alpha value is -0.850. The highest BCUT2D eigenvalue weighted by molar-refractivity contribution is 6.35. The summed E-state index contributed by atoms with van der Waals surface area (Å²) >= 11 is 12.2. The number of morpholine rings is 1. The number of nitrogens with one attached hydrogen (secondary N) is 1. The highest BCUT2D eigenvalue weighted by atomic mass is 35.5. The minimum atomic E-state index is 0.130. The van der Waals surface area contributed by atoms with Gasteiger partial charge in [-0.05, 0) is 56.6 Å². The molecule has 3 rings (SSSR count). The van der Waals surface area contributed by atoms with Crippen molar-refractivity contribution in [2.75, 3.05) is 52.5 Å². The molecule has 150 valence electrons. The van der Waals surface area contributed by atoms with E-state index in [9.17, 15) is 4.79 Å². The second-order valence-corrected chi connectivity index (χ2v) is 8.23. The van der Waals surface area contributed by atoms with E-state index in [4.69, 9.17) is 27.9 Å². The summed E-state index contributed by atoms with van der Waals surface area (Å²) in [5, 5.41) is 4.49. The first-order valence-electron chi connectivity index (χ1n) is 9.86. The van der Waals surface area contributed by atoms with Crippen LogP contribution in [0.4, 0.5) is 0 Å². The molecule has 1 N–H and O–H groups in total. The lowest BCUT2D eigenvalue weighted by Gasteiger charge is -2.31. The van der Waals surface area contributed by atoms with Crippen molar-refractivity contribution in [3.05, 3.63) is 33.8 Å². The van der Waals surface area contributed by atoms with Gasteiger partial charge in [-0.25, -0.2) is 0 Å². The van der Waals surface area contributed by atoms with Crippen molar-refractivity contribution in [1.82, 2.24) is 15.1 Å². The molecule has 5 nitrogen and oxygen atoms in total. The molecule has 0 radical (unpaired) electrons. The molecular formula is C20H29Cl2N3O2. The molecule has 0 bridgehead atoms. The molecule has 0 aliphatic carbocycles. The van der Waals surface area contributed by atoms with Crippen LogP contribution in [-0.4, -0.2) is 68.2 Å². The third-order valence-electron chi connectivity index (χ3n) is 5.42. The van der Waals surface area contributed by atoms with Gasteiger partial charge < -0.3 is 10.1 Å². The van der Waals surface area contributed by atoms with Gasteiger partial charge in [0, 0.05) is 42.1 Å². The summed E-state index contributed by atoms with van der Waals surface area (Å²) in [6.07, 6.45) is 2.81. The van der Waals surface area contributed by atoms with Gasteiger partial charge in [0.15, 0.2) is 0 Å². The molecule has 2 aliphatic heterocycles. The number of rotatable bonds is 7. The normalized spacial score (nSPS) is 19.9. The summed E-state index contributed by atoms with van der Waals surface area (Å²) in [5.74, 6) is 0.339. The molecule has 1 aromatic rings. The van der Waals surface area contributed by atoms with Crippen LogP contribution in [0.5, 0.6) is 0 Å². The molecule has 0 spiro atoms. The Morgan fingerprint density at radius 1 is 1.11 bits per heavy atom. The number of amides is 1. The molecule has 0 aromatic heterocycles. The minimum absolute atomic E-state index is 0.130. The predicted octanol–water partition coefficient (Wildman–Crippen LogP) is 3.04. The third kappa shape index (κ3) is 6.61. The number of carbonyl (C=O) groups excluding carboxylic acids is 1. The fourth-order valence-electron chi connectivity index (χ4n) is 3.73. The second-order valence-electron chi connectivity index (χ2n) is 7.38. The Morgan fingerprint density at radius 2 is 1.85 bits per heavy atom. The van der Waals surface area contributed by atoms with E-state index < -0.39 is 0 Å². The predicted molar refractivity (Wildman–Crippen MR) is 109 cm³/mol. The topological polar surface area (TPSA) is 44.8 Å². The maximum absolute atomic E-state index is 12.4. The van der Waals surface area contributed by atoms with Gasteiger partial charge in [-0.3, -0.25) is 14.6 Å². The van der Waals surface area contributed by atoms with Crippen molar-refractivity contribution in [3.63, 3.8) is 0 Å². The van der Waals surface area contributed by atoms with E-state index in [-0.39, 0.29) is 11.8 Å². The first-order chi connectivity index (χ1) is 13.1. The molecule has 2 saturated heterocycles. The van der Waals surface area contributed by atoms with Crippen molar-refractivity contribution in [1.29, 1.82) is 0 Å². The summed E-state index contributed by atoms with van der Waals surface area (Å²) in [6, 6.07) is 5.65. The molecule has 0 saturated carbocycles. The van der Waals surface area contributed by atoms with Crippen LogP contribution in [0.3, 0.4) is 0 Å². The third-order valence-corrected chi connectivity index (χ3v) is 6.01. The zero-order valence-corrected chi connectivity index (χ0v) is 17.3. The van der Waals surface area contributed by atoms with Gasteiger partial charge in [0.05, 0.1) is 13.2 Å². The Morgan fingerprint density at radius 3 is 2.56 bits per heavy atom. The van der Waals surface area contributed by atoms with Gasteiger partial charge in [0.1, 0.15) is 0 Å². The standard InChI is InChI=1S/C20H29Cl2N3O2/c21-18-3-2-17(19(22)14-18)15-25-8-4-16(5-9-25)20(26)23-6-1-7-24-10-12-27-13-11-24/h2-3,14,16H,1,4-13,15H2,(H,23,26). The number of nitrogens with zero attached hydrogens (tertiary/aromatic N) is 2. The fraction of sp³-hybridized carbons (Fsp3) is 0.650. The molecule has 2 aliphatic rings. The van der Waals surface area contributed by atoms with E-state index in [1.54, 1.807) is 6.07 Å². The average Bonchev–Trinajstić information content (AvgIpc) is 2.69. The number of piperidine rings is 1. The second kappa shape index (κ2) is 10.6. The van der Waals surface area contributed by atoms with Crippen LogP contribution in [0.1, 0.15) is 24.8 Å². The van der Waals surface area contributed by atoms with E-state index in [0.29, 0.717) is 10.0 Å². The monoisotopic (exact) mass is 413 g/mol. The van der Waals surface area contributed by atoms with E-state index >= 15 is 0 Å². The van der Waals surface area contributed by atoms with Crippen LogP contribution < -0.4 is 5.32 Å². The molecule has 1 aromatic carbocycles. The molecule has 0 unspecified atom stereocenters. The van der Waals surface area contributed by atoms with Crippen LogP contribution in [-0.2, 0) is 16.1 Å². The Labute approximate surface area is 171 Å². The Balaban J connectivity index is 1.32. The van der Waals surface area contributed by atoms with E-state index in [1.165, 1.54) is 0 Å². The van der Waals surface area contributed by atoms with Crippen LogP contribution in [0.15, 0.2) is 18.2 Å². The van der Waals surface area contributed by atoms with Crippen molar-refractivity contribution >= 4 is 29.1 Å². The summed E-state index contributed by atoms with van der Waals surface area (Å²) in [5.41, 5.74) is 1.09. The molecule has 2 heterocycles. The zero-order valence-electron chi connectivity index (χ0n) is 15.8. The molecule has 27 heavy (non-hydrogen) atoms. The van der Waals surface area contributed by atoms with Gasteiger partial charge in [-0.15, -0.1) is 0 Å². The zero-order chi connectivity index (χ0) is 19.1. The van der Waals surface area contributed by atoms with E-state index in [0.717, 1.165) is 83.9 Å². The van der Waals surface area contributed by atoms with Crippen LogP contribution in [0, 0.1) is 5.92 Å². The summed E-state index contributed by atoms with van der Waals surface area (Å²) in [4.78, 5) is 17.2. The maximum atomic E-state index is 12.4. The van der Waals surface area contributed by atoms with Crippen LogP contribution in [0.25, 0.3) is 0 Å². The van der Waals surface area contributed by atoms with Gasteiger partial charge in [-0.2, -0.15) is 0 Å². The summed E-state index contributed by atoms with van der Waals surface area (Å²) in [7, 11) is 0. The highest BCUT2D eigenvalue weighted by Gasteiger charge is 2.25. The van der Waals surface area contributed by atoms with Gasteiger partial charge >= 0.3 is 0 Å². The lowest BCUT2D eigenvalue weighted by atomic mass is 9.95. The summed E-state index contributed by atoms with van der Waals surface area (Å²) in [6.45, 7) is 8.10. The lowest BCUT2D eigenvalue weighted by Crippen LogP contribution is -2.41. The van der Waals surface area contributed by atoms with Crippen LogP contribution in [0.2, 0.25) is 10.0 Å². The van der Waals surface area contributed by atoms with Crippen molar-refractivity contribution in [3.8, 4) is 0 Å². The number of carbonyl (C=O) groups is 1. The quantitative estimate of drug-likeness (QED) is 0.697. The molecule has 2 fully saturated rings. The molecule has 0 atom stereocenters. The summed E-state index contributed by atoms with van der Waals surface area (Å²) < 4.78 is 5.35. The molecule has 7 heteroatoms. The lowest BCUT2D eigenvalue weighted by molar-refractivity contribution is -0.126. The fourth-order valence-corrected chi connectivity index (χ4v) is 4.20. The number of ether oxygens (including phenoxy) is 1. The maximum Gasteiger partial charge on any atom is 0.223 e. The molecule has 1 amide bonds. The van der Waals surface area contributed by atoms with Crippen LogP contribution >= 0.6 is 23.2 Å². The number of hydrogen-bond acceptors (Lipinski definition) is 4. The Bertz CT molecular complexity index is 615. The SMILES string of the molecule is O=C(NCCCN1CCOCC1)C1CCN(Cc2ccc(Cl)cc2Cl)CC1.